The zero-order valence-corrected chi connectivity index (χ0v) is 14.5. The minimum atomic E-state index is -0.330. The van der Waals surface area contributed by atoms with Gasteiger partial charge in [0.2, 0.25) is 0 Å². The molecule has 0 bridgehead atoms. The molecule has 0 radical (unpaired) electrons. The van der Waals surface area contributed by atoms with Gasteiger partial charge in [0, 0.05) is 25.7 Å². The van der Waals surface area contributed by atoms with E-state index in [1.165, 1.54) is 5.56 Å². The summed E-state index contributed by atoms with van der Waals surface area (Å²) in [6.07, 6.45) is 0.863. The third-order valence-electron chi connectivity index (χ3n) is 4.35. The second kappa shape index (κ2) is 7.79. The molecule has 0 aliphatic rings. The maximum atomic E-state index is 12.1. The lowest BCUT2D eigenvalue weighted by Crippen LogP contribution is -2.39. The van der Waals surface area contributed by atoms with E-state index >= 15 is 0 Å². The van der Waals surface area contributed by atoms with E-state index in [0.717, 1.165) is 18.5 Å². The van der Waals surface area contributed by atoms with Crippen LogP contribution in [0.15, 0.2) is 50.3 Å². The maximum Gasteiger partial charge on any atom is 0.419 e. The van der Waals surface area contributed by atoms with Crippen LogP contribution >= 0.6 is 11.3 Å². The Labute approximate surface area is 144 Å². The highest BCUT2D eigenvalue weighted by molar-refractivity contribution is 7.07. The summed E-state index contributed by atoms with van der Waals surface area (Å²) in [7, 11) is 0. The molecule has 1 atom stereocenters. The quantitative estimate of drug-likeness (QED) is 0.681. The Hall–Kier alpha value is -1.89. The summed E-state index contributed by atoms with van der Waals surface area (Å²) in [6, 6.07) is 9.64. The van der Waals surface area contributed by atoms with E-state index in [2.05, 4.69) is 28.7 Å². The molecule has 3 aromatic rings. The van der Waals surface area contributed by atoms with Crippen LogP contribution in [0, 0.1) is 0 Å². The first-order valence-corrected chi connectivity index (χ1v) is 9.11. The van der Waals surface area contributed by atoms with Gasteiger partial charge in [-0.05, 0) is 40.9 Å². The van der Waals surface area contributed by atoms with Gasteiger partial charge in [-0.25, -0.2) is 4.79 Å². The van der Waals surface area contributed by atoms with E-state index in [9.17, 15) is 9.90 Å². The summed E-state index contributed by atoms with van der Waals surface area (Å²) in [4.78, 5) is 14.3. The molecule has 0 amide bonds. The molecule has 0 fully saturated rings. The van der Waals surface area contributed by atoms with Crippen molar-refractivity contribution in [2.45, 2.75) is 32.5 Å². The van der Waals surface area contributed by atoms with Crippen LogP contribution in [0.25, 0.3) is 11.1 Å². The second-order valence-electron chi connectivity index (χ2n) is 5.83. The van der Waals surface area contributed by atoms with Crippen LogP contribution in [-0.2, 0) is 13.1 Å². The number of oxazole rings is 1. The first-order valence-electron chi connectivity index (χ1n) is 8.17. The summed E-state index contributed by atoms with van der Waals surface area (Å²) in [5.41, 5.74) is 2.66. The Kier molecular flexibility index (Phi) is 5.50. The van der Waals surface area contributed by atoms with Crippen molar-refractivity contribution >= 4 is 22.4 Å². The molecule has 2 heterocycles. The standard InChI is InChI=1S/C18H22N2O3S/c1-2-15(12-21)19(11-14-7-10-24-13-14)8-9-20-16-5-3-4-6-17(16)23-18(20)22/h3-7,10,13,15,21H,2,8-9,11-12H2,1H3/t15-/m1/s1. The molecule has 5 nitrogen and oxygen atoms in total. The average molecular weight is 346 g/mol. The van der Waals surface area contributed by atoms with Crippen LogP contribution in [0.4, 0.5) is 0 Å². The number of aliphatic hydroxyl groups is 1. The number of aliphatic hydroxyl groups excluding tert-OH is 1. The smallest absolute Gasteiger partial charge is 0.408 e. The van der Waals surface area contributed by atoms with Crippen LogP contribution in [0.2, 0.25) is 0 Å². The normalized spacial score (nSPS) is 13.0. The van der Waals surface area contributed by atoms with Crippen molar-refractivity contribution in [3.8, 4) is 0 Å². The topological polar surface area (TPSA) is 58.6 Å². The number of benzene rings is 1. The van der Waals surface area contributed by atoms with Gasteiger partial charge >= 0.3 is 5.76 Å². The number of aromatic nitrogens is 1. The zero-order valence-electron chi connectivity index (χ0n) is 13.7. The van der Waals surface area contributed by atoms with E-state index in [0.29, 0.717) is 18.7 Å². The van der Waals surface area contributed by atoms with E-state index in [-0.39, 0.29) is 18.4 Å². The lowest BCUT2D eigenvalue weighted by molar-refractivity contribution is 0.109. The van der Waals surface area contributed by atoms with Crippen molar-refractivity contribution in [3.05, 3.63) is 57.2 Å². The van der Waals surface area contributed by atoms with Gasteiger partial charge in [0.15, 0.2) is 5.58 Å². The Morgan fingerprint density at radius 3 is 2.88 bits per heavy atom. The Morgan fingerprint density at radius 2 is 2.17 bits per heavy atom. The molecule has 0 spiro atoms. The van der Waals surface area contributed by atoms with Gasteiger partial charge in [0.1, 0.15) is 0 Å². The summed E-state index contributed by atoms with van der Waals surface area (Å²) in [6.45, 7) is 4.17. The zero-order chi connectivity index (χ0) is 16.9. The van der Waals surface area contributed by atoms with Gasteiger partial charge in [0.25, 0.3) is 0 Å². The fraction of sp³-hybridized carbons (Fsp3) is 0.389. The van der Waals surface area contributed by atoms with Crippen LogP contribution in [0.5, 0.6) is 0 Å². The Morgan fingerprint density at radius 1 is 1.33 bits per heavy atom. The third kappa shape index (κ3) is 3.61. The molecule has 2 aromatic heterocycles. The highest BCUT2D eigenvalue weighted by Crippen LogP contribution is 2.15. The van der Waals surface area contributed by atoms with Crippen molar-refractivity contribution in [1.29, 1.82) is 0 Å². The van der Waals surface area contributed by atoms with Crippen molar-refractivity contribution in [2.24, 2.45) is 0 Å². The molecular formula is C18H22N2O3S. The molecule has 128 valence electrons. The molecule has 0 aliphatic heterocycles. The number of nitrogens with zero attached hydrogens (tertiary/aromatic N) is 2. The van der Waals surface area contributed by atoms with E-state index in [1.807, 2.05) is 18.2 Å². The third-order valence-corrected chi connectivity index (χ3v) is 5.08. The van der Waals surface area contributed by atoms with Gasteiger partial charge in [-0.15, -0.1) is 0 Å². The number of hydrogen-bond acceptors (Lipinski definition) is 5. The predicted molar refractivity (Wildman–Crippen MR) is 96.4 cm³/mol. The molecule has 1 aromatic carbocycles. The number of fused-ring (bicyclic) bond motifs is 1. The van der Waals surface area contributed by atoms with E-state index < -0.39 is 0 Å². The van der Waals surface area contributed by atoms with Gasteiger partial charge < -0.3 is 9.52 Å². The molecule has 6 heteroatoms. The number of hydrogen-bond donors (Lipinski definition) is 1. The van der Waals surface area contributed by atoms with Crippen LogP contribution < -0.4 is 5.76 Å². The summed E-state index contributed by atoms with van der Waals surface area (Å²) < 4.78 is 6.96. The molecule has 0 unspecified atom stereocenters. The number of para-hydroxylation sites is 2. The minimum absolute atomic E-state index is 0.0822. The first-order chi connectivity index (χ1) is 11.7. The molecule has 1 N–H and O–H groups in total. The SMILES string of the molecule is CC[C@H](CO)N(CCn1c(=O)oc2ccccc21)Cc1ccsc1. The van der Waals surface area contributed by atoms with E-state index in [4.69, 9.17) is 4.42 Å². The van der Waals surface area contributed by atoms with Gasteiger partial charge in [0.05, 0.1) is 12.1 Å². The van der Waals surface area contributed by atoms with Gasteiger partial charge in [-0.1, -0.05) is 19.1 Å². The molecule has 0 saturated carbocycles. The second-order valence-corrected chi connectivity index (χ2v) is 6.61. The predicted octanol–water partition coefficient (Wildman–Crippen LogP) is 2.93. The monoisotopic (exact) mass is 346 g/mol. The van der Waals surface area contributed by atoms with Gasteiger partial charge in [-0.3, -0.25) is 9.47 Å². The molecule has 0 aliphatic carbocycles. The Bertz CT molecular complexity index is 818. The van der Waals surface area contributed by atoms with Crippen molar-refractivity contribution < 1.29 is 9.52 Å². The highest BCUT2D eigenvalue weighted by Gasteiger charge is 2.18. The van der Waals surface area contributed by atoms with Gasteiger partial charge in [-0.2, -0.15) is 11.3 Å². The summed E-state index contributed by atoms with van der Waals surface area (Å²) in [5.74, 6) is -0.330. The average Bonchev–Trinajstić information content (AvgIpc) is 3.20. The van der Waals surface area contributed by atoms with Crippen molar-refractivity contribution in [3.63, 3.8) is 0 Å². The number of thiophene rings is 1. The molecule has 0 saturated heterocycles. The fourth-order valence-electron chi connectivity index (χ4n) is 2.96. The molecule has 3 rings (SSSR count). The van der Waals surface area contributed by atoms with Crippen LogP contribution in [-0.4, -0.2) is 33.8 Å². The van der Waals surface area contributed by atoms with Crippen LogP contribution in [0.3, 0.4) is 0 Å². The van der Waals surface area contributed by atoms with Crippen molar-refractivity contribution in [1.82, 2.24) is 9.47 Å². The first kappa shape index (κ1) is 17.0. The summed E-state index contributed by atoms with van der Waals surface area (Å²) >= 11 is 1.67. The highest BCUT2D eigenvalue weighted by atomic mass is 32.1. The van der Waals surface area contributed by atoms with Crippen molar-refractivity contribution in [2.75, 3.05) is 13.2 Å². The Balaban J connectivity index is 1.79. The molecule has 24 heavy (non-hydrogen) atoms. The molecular weight excluding hydrogens is 324 g/mol. The lowest BCUT2D eigenvalue weighted by Gasteiger charge is -2.29. The minimum Gasteiger partial charge on any atom is -0.408 e. The maximum absolute atomic E-state index is 12.1. The fourth-order valence-corrected chi connectivity index (χ4v) is 3.62. The number of rotatable bonds is 8. The summed E-state index contributed by atoms with van der Waals surface area (Å²) in [5, 5.41) is 13.9. The largest absolute Gasteiger partial charge is 0.419 e. The van der Waals surface area contributed by atoms with E-state index in [1.54, 1.807) is 22.0 Å². The lowest BCUT2D eigenvalue weighted by atomic mass is 10.1. The van der Waals surface area contributed by atoms with Crippen LogP contribution in [0.1, 0.15) is 18.9 Å².